The highest BCUT2D eigenvalue weighted by atomic mass is 35.5. The molecule has 0 bridgehead atoms. The third-order valence-electron chi connectivity index (χ3n) is 8.48. The van der Waals surface area contributed by atoms with Gasteiger partial charge in [-0.25, -0.2) is 14.4 Å². The van der Waals surface area contributed by atoms with Crippen LogP contribution < -0.4 is 10.1 Å². The Bertz CT molecular complexity index is 1790. The molecular weight excluding hydrogens is 585 g/mol. The lowest BCUT2D eigenvalue weighted by Gasteiger charge is -2.21. The van der Waals surface area contributed by atoms with Gasteiger partial charge in [-0.1, -0.05) is 23.7 Å². The first kappa shape index (κ1) is 28.2. The Balaban J connectivity index is 1.08. The molecule has 1 unspecified atom stereocenters. The number of anilines is 2. The number of aromatic nitrogens is 4. The Kier molecular flexibility index (Phi) is 7.77. The predicted octanol–water partition coefficient (Wildman–Crippen LogP) is 6.40. The highest BCUT2D eigenvalue weighted by molar-refractivity contribution is 7.22. The van der Waals surface area contributed by atoms with Gasteiger partial charge < -0.3 is 15.0 Å². The molecular formula is C32H33ClFN7OS. The maximum atomic E-state index is 13.5. The quantitative estimate of drug-likeness (QED) is 0.205. The summed E-state index contributed by atoms with van der Waals surface area (Å²) in [6.45, 7) is 4.43. The molecule has 1 fully saturated rings. The van der Waals surface area contributed by atoms with Crippen molar-refractivity contribution in [2.24, 2.45) is 0 Å². The van der Waals surface area contributed by atoms with Gasteiger partial charge in [-0.3, -0.25) is 9.58 Å². The number of benzene rings is 2. The molecule has 7 rings (SSSR count). The molecule has 2 aliphatic rings. The van der Waals surface area contributed by atoms with Crippen LogP contribution in [0, 0.1) is 5.82 Å². The number of likely N-dealkylation sites (N-methyl/N-ethyl adjacent to an activating group) is 1. The van der Waals surface area contributed by atoms with Crippen molar-refractivity contribution in [2.75, 3.05) is 39.0 Å². The molecule has 1 aliphatic carbocycles. The molecule has 0 saturated carbocycles. The van der Waals surface area contributed by atoms with Crippen molar-refractivity contribution < 1.29 is 9.13 Å². The van der Waals surface area contributed by atoms with Crippen molar-refractivity contribution in [3.63, 3.8) is 0 Å². The first-order valence-corrected chi connectivity index (χ1v) is 15.8. The van der Waals surface area contributed by atoms with Crippen LogP contribution in [-0.4, -0.2) is 69.3 Å². The summed E-state index contributed by atoms with van der Waals surface area (Å²) >= 11 is 8.27. The molecule has 5 aromatic rings. The topological polar surface area (TPSA) is 71.3 Å². The van der Waals surface area contributed by atoms with E-state index >= 15 is 0 Å². The molecule has 4 heterocycles. The Labute approximate surface area is 259 Å². The summed E-state index contributed by atoms with van der Waals surface area (Å²) in [4.78, 5) is 16.3. The van der Waals surface area contributed by atoms with Crippen LogP contribution in [0.4, 0.5) is 15.9 Å². The molecule has 43 heavy (non-hydrogen) atoms. The van der Waals surface area contributed by atoms with E-state index in [9.17, 15) is 4.39 Å². The minimum atomic E-state index is -0.292. The maximum absolute atomic E-state index is 13.5. The van der Waals surface area contributed by atoms with Crippen LogP contribution in [0.2, 0.25) is 5.02 Å². The van der Waals surface area contributed by atoms with Crippen molar-refractivity contribution in [1.82, 2.24) is 29.5 Å². The second-order valence-electron chi connectivity index (χ2n) is 11.4. The minimum Gasteiger partial charge on any atom is -0.487 e. The van der Waals surface area contributed by atoms with Crippen molar-refractivity contribution in [3.8, 4) is 16.2 Å². The van der Waals surface area contributed by atoms with Crippen molar-refractivity contribution in [1.29, 1.82) is 0 Å². The lowest BCUT2D eigenvalue weighted by molar-refractivity contribution is 0.260. The molecule has 0 radical (unpaired) electrons. The zero-order valence-corrected chi connectivity index (χ0v) is 25.8. The van der Waals surface area contributed by atoms with Crippen LogP contribution in [0.15, 0.2) is 55.0 Å². The van der Waals surface area contributed by atoms with E-state index < -0.39 is 0 Å². The zero-order chi connectivity index (χ0) is 29.5. The number of ether oxygens (including phenoxy) is 1. The summed E-state index contributed by atoms with van der Waals surface area (Å²) in [5.74, 6) is 0.996. The monoisotopic (exact) mass is 617 g/mol. The number of thiophene rings is 1. The number of rotatable bonds is 9. The zero-order valence-electron chi connectivity index (χ0n) is 24.2. The van der Waals surface area contributed by atoms with E-state index in [0.29, 0.717) is 16.8 Å². The van der Waals surface area contributed by atoms with E-state index in [4.69, 9.17) is 21.4 Å². The largest absolute Gasteiger partial charge is 0.487 e. The molecule has 222 valence electrons. The molecule has 1 N–H and O–H groups in total. The van der Waals surface area contributed by atoms with Crippen molar-refractivity contribution in [3.05, 3.63) is 82.6 Å². The predicted molar refractivity (Wildman–Crippen MR) is 170 cm³/mol. The van der Waals surface area contributed by atoms with Gasteiger partial charge in [-0.2, -0.15) is 5.10 Å². The van der Waals surface area contributed by atoms with Crippen LogP contribution in [0.25, 0.3) is 20.7 Å². The van der Waals surface area contributed by atoms with E-state index in [1.807, 2.05) is 30.5 Å². The number of hydrogen-bond donors (Lipinski definition) is 1. The number of nitrogens with one attached hydrogen (secondary N) is 1. The number of nitrogens with zero attached hydrogens (tertiary/aromatic N) is 6. The number of hydrogen-bond acceptors (Lipinski definition) is 8. The third kappa shape index (κ3) is 5.72. The summed E-state index contributed by atoms with van der Waals surface area (Å²) in [7, 11) is 4.34. The smallest absolute Gasteiger partial charge is 0.142 e. The van der Waals surface area contributed by atoms with Gasteiger partial charge >= 0.3 is 0 Å². The molecule has 8 nitrogen and oxygen atoms in total. The van der Waals surface area contributed by atoms with E-state index in [0.717, 1.165) is 66.3 Å². The van der Waals surface area contributed by atoms with Crippen molar-refractivity contribution in [2.45, 2.75) is 38.5 Å². The highest BCUT2D eigenvalue weighted by Crippen LogP contribution is 2.45. The van der Waals surface area contributed by atoms with E-state index in [1.165, 1.54) is 40.3 Å². The fourth-order valence-electron chi connectivity index (χ4n) is 6.13. The molecule has 11 heteroatoms. The Morgan fingerprint density at radius 3 is 2.86 bits per heavy atom. The fraction of sp³-hybridized carbons (Fsp3) is 0.344. The summed E-state index contributed by atoms with van der Waals surface area (Å²) in [5.41, 5.74) is 5.33. The first-order valence-electron chi connectivity index (χ1n) is 14.6. The molecule has 0 amide bonds. The molecule has 1 atom stereocenters. The maximum Gasteiger partial charge on any atom is 0.142 e. The van der Waals surface area contributed by atoms with E-state index in [2.05, 4.69) is 43.9 Å². The summed E-state index contributed by atoms with van der Waals surface area (Å²) in [6.07, 6.45) is 6.71. The van der Waals surface area contributed by atoms with Crippen LogP contribution in [-0.2, 0) is 26.0 Å². The van der Waals surface area contributed by atoms with Gasteiger partial charge in [0.1, 0.15) is 35.1 Å². The van der Waals surface area contributed by atoms with E-state index in [1.54, 1.807) is 23.7 Å². The Morgan fingerprint density at radius 1 is 1.14 bits per heavy atom. The number of fused-ring (bicyclic) bond motifs is 5. The number of halogens is 2. The highest BCUT2D eigenvalue weighted by Gasteiger charge is 2.28. The van der Waals surface area contributed by atoms with Gasteiger partial charge in [-0.05, 0) is 81.4 Å². The molecule has 2 aromatic carbocycles. The number of likely N-dealkylation sites (tertiary alicyclic amines) is 1. The van der Waals surface area contributed by atoms with Gasteiger partial charge in [0.05, 0.1) is 23.2 Å². The number of aryl methyl sites for hydroxylation is 1. The second-order valence-corrected chi connectivity index (χ2v) is 12.8. The van der Waals surface area contributed by atoms with Gasteiger partial charge in [0.25, 0.3) is 0 Å². The summed E-state index contributed by atoms with van der Waals surface area (Å²) < 4.78 is 21.6. The SMILES string of the molecule is CN(C)C1CCN(CCn2ncc3c2CCc2c-3sc3ncnc(Nc4ccc(OCc5cccc(F)c5)c(Cl)c4)c23)C1. The van der Waals surface area contributed by atoms with Gasteiger partial charge in [0.2, 0.25) is 0 Å². The van der Waals surface area contributed by atoms with Gasteiger partial charge in [0.15, 0.2) is 0 Å². The summed E-state index contributed by atoms with van der Waals surface area (Å²) in [6, 6.07) is 12.5. The summed E-state index contributed by atoms with van der Waals surface area (Å²) in [5, 5.41) is 9.79. The van der Waals surface area contributed by atoms with Crippen LogP contribution in [0.5, 0.6) is 5.75 Å². The van der Waals surface area contributed by atoms with Gasteiger partial charge in [-0.15, -0.1) is 11.3 Å². The molecule has 3 aromatic heterocycles. The third-order valence-corrected chi connectivity index (χ3v) is 9.94. The second kappa shape index (κ2) is 11.8. The average Bonchev–Trinajstić information content (AvgIpc) is 3.73. The Morgan fingerprint density at radius 2 is 2.05 bits per heavy atom. The standard InChI is InChI=1S/C32H33ClFN7OS/c1-39(2)23-10-11-40(17-23)12-13-41-27-8-7-24-29-31(35-19-36-32(29)43-30(24)25(27)16-37-41)38-22-6-9-28(26(33)15-22)42-18-20-4-3-5-21(34)14-20/h3-6,9,14-16,19,23H,7-8,10-13,17-18H2,1-2H3,(H,35,36,38). The van der Waals surface area contributed by atoms with Crippen LogP contribution in [0.3, 0.4) is 0 Å². The van der Waals surface area contributed by atoms with Crippen molar-refractivity contribution >= 4 is 44.7 Å². The normalized spacial score (nSPS) is 16.5. The molecule has 0 spiro atoms. The molecule has 1 aliphatic heterocycles. The average molecular weight is 618 g/mol. The molecule has 1 saturated heterocycles. The van der Waals surface area contributed by atoms with E-state index in [-0.39, 0.29) is 12.4 Å². The lowest BCUT2D eigenvalue weighted by atomic mass is 9.95. The first-order chi connectivity index (χ1) is 20.9. The lowest BCUT2D eigenvalue weighted by Crippen LogP contribution is -2.33. The minimum absolute atomic E-state index is 0.228. The van der Waals surface area contributed by atoms with Gasteiger partial charge in [0, 0.05) is 41.0 Å². The fourth-order valence-corrected chi connectivity index (χ4v) is 7.59. The van der Waals surface area contributed by atoms with Crippen LogP contribution >= 0.6 is 22.9 Å². The van der Waals surface area contributed by atoms with Crippen LogP contribution in [0.1, 0.15) is 23.2 Å². The Hall–Kier alpha value is -3.57.